The van der Waals surface area contributed by atoms with Crippen LogP contribution in [0.25, 0.3) is 22.2 Å². The Kier molecular flexibility index (Phi) is 3.90. The fourth-order valence-corrected chi connectivity index (χ4v) is 3.27. The molecule has 2 heterocycles. The topological polar surface area (TPSA) is 38.2 Å². The Labute approximate surface area is 142 Å². The predicted molar refractivity (Wildman–Crippen MR) is 97.5 cm³/mol. The maximum atomic E-state index is 5.42. The van der Waals surface area contributed by atoms with E-state index < -0.39 is 0 Å². The minimum atomic E-state index is 0.752. The van der Waals surface area contributed by atoms with Gasteiger partial charge in [0.15, 0.2) is 0 Å². The minimum absolute atomic E-state index is 0.752. The number of hydrogen-bond donors (Lipinski definition) is 0. The summed E-state index contributed by atoms with van der Waals surface area (Å²) < 4.78 is 5.42. The lowest BCUT2D eigenvalue weighted by atomic mass is 10.0. The maximum Gasteiger partial charge on any atom is 0.148 e. The fraction of sp³-hybridized carbons (Fsp3) is 0.300. The van der Waals surface area contributed by atoms with Crippen molar-refractivity contribution >= 4 is 16.9 Å². The van der Waals surface area contributed by atoms with E-state index >= 15 is 0 Å². The lowest BCUT2D eigenvalue weighted by molar-refractivity contribution is 0.122. The van der Waals surface area contributed by atoms with E-state index in [2.05, 4.69) is 60.1 Å². The van der Waals surface area contributed by atoms with Crippen LogP contribution in [0.4, 0.5) is 5.82 Å². The van der Waals surface area contributed by atoms with Gasteiger partial charge in [0, 0.05) is 13.1 Å². The molecule has 1 saturated heterocycles. The molecule has 24 heavy (non-hydrogen) atoms. The average Bonchev–Trinajstić information content (AvgIpc) is 2.61. The molecule has 1 fully saturated rings. The van der Waals surface area contributed by atoms with Crippen LogP contribution in [0.2, 0.25) is 0 Å². The molecule has 4 heteroatoms. The lowest BCUT2D eigenvalue weighted by Gasteiger charge is -2.27. The summed E-state index contributed by atoms with van der Waals surface area (Å²) in [7, 11) is 0. The Balaban J connectivity index is 1.75. The minimum Gasteiger partial charge on any atom is -0.378 e. The molecule has 122 valence electrons. The van der Waals surface area contributed by atoms with Crippen molar-refractivity contribution in [3.63, 3.8) is 0 Å². The highest BCUT2D eigenvalue weighted by atomic mass is 16.5. The van der Waals surface area contributed by atoms with Crippen LogP contribution in [0, 0.1) is 13.8 Å². The third-order valence-electron chi connectivity index (χ3n) is 4.42. The second kappa shape index (κ2) is 6.21. The number of morpholine rings is 1. The monoisotopic (exact) mass is 319 g/mol. The first kappa shape index (κ1) is 15.1. The smallest absolute Gasteiger partial charge is 0.148 e. The van der Waals surface area contributed by atoms with Crippen LogP contribution in [-0.2, 0) is 4.74 Å². The quantitative estimate of drug-likeness (QED) is 0.721. The second-order valence-electron chi connectivity index (χ2n) is 6.41. The molecule has 4 nitrogen and oxygen atoms in total. The molecule has 1 aliphatic rings. The standard InChI is InChI=1S/C20H21N3O/c1-14-9-15(2)11-17(10-14)16-3-4-18-19(12-16)22-20(13-21-18)23-5-7-24-8-6-23/h3-4,9-13H,5-8H2,1-2H3. The highest BCUT2D eigenvalue weighted by Crippen LogP contribution is 2.26. The lowest BCUT2D eigenvalue weighted by Crippen LogP contribution is -2.36. The van der Waals surface area contributed by atoms with Crippen molar-refractivity contribution in [2.45, 2.75) is 13.8 Å². The van der Waals surface area contributed by atoms with E-state index in [-0.39, 0.29) is 0 Å². The van der Waals surface area contributed by atoms with Gasteiger partial charge in [-0.25, -0.2) is 4.98 Å². The molecule has 0 spiro atoms. The van der Waals surface area contributed by atoms with Crippen molar-refractivity contribution in [3.8, 4) is 11.1 Å². The van der Waals surface area contributed by atoms with E-state index in [9.17, 15) is 0 Å². The number of benzene rings is 2. The van der Waals surface area contributed by atoms with Crippen molar-refractivity contribution < 1.29 is 4.74 Å². The summed E-state index contributed by atoms with van der Waals surface area (Å²) in [6.45, 7) is 7.51. The van der Waals surface area contributed by atoms with Gasteiger partial charge in [-0.05, 0) is 37.1 Å². The van der Waals surface area contributed by atoms with Crippen molar-refractivity contribution in [2.24, 2.45) is 0 Å². The Morgan fingerprint density at radius 2 is 1.62 bits per heavy atom. The average molecular weight is 319 g/mol. The van der Waals surface area contributed by atoms with Gasteiger partial charge in [0.1, 0.15) is 5.82 Å². The molecular formula is C20H21N3O. The van der Waals surface area contributed by atoms with Crippen molar-refractivity contribution in [3.05, 3.63) is 53.7 Å². The molecule has 0 amide bonds. The zero-order valence-corrected chi connectivity index (χ0v) is 14.1. The Morgan fingerprint density at radius 3 is 2.38 bits per heavy atom. The number of fused-ring (bicyclic) bond motifs is 1. The molecule has 0 radical (unpaired) electrons. The zero-order valence-electron chi connectivity index (χ0n) is 14.1. The molecule has 0 aliphatic carbocycles. The van der Waals surface area contributed by atoms with E-state index in [0.29, 0.717) is 0 Å². The summed E-state index contributed by atoms with van der Waals surface area (Å²) in [5, 5.41) is 0. The fourth-order valence-electron chi connectivity index (χ4n) is 3.27. The summed E-state index contributed by atoms with van der Waals surface area (Å²) in [4.78, 5) is 11.7. The summed E-state index contributed by atoms with van der Waals surface area (Å²) in [5.74, 6) is 0.934. The van der Waals surface area contributed by atoms with Gasteiger partial charge in [-0.3, -0.25) is 4.98 Å². The van der Waals surface area contributed by atoms with Crippen LogP contribution in [0.3, 0.4) is 0 Å². The van der Waals surface area contributed by atoms with Gasteiger partial charge in [-0.15, -0.1) is 0 Å². The van der Waals surface area contributed by atoms with Crippen molar-refractivity contribution in [1.29, 1.82) is 0 Å². The van der Waals surface area contributed by atoms with Crippen LogP contribution in [0.1, 0.15) is 11.1 Å². The first-order chi connectivity index (χ1) is 11.7. The molecule has 2 aromatic carbocycles. The number of rotatable bonds is 2. The number of aromatic nitrogens is 2. The third-order valence-corrected chi connectivity index (χ3v) is 4.42. The van der Waals surface area contributed by atoms with E-state index in [4.69, 9.17) is 9.72 Å². The first-order valence-electron chi connectivity index (χ1n) is 8.37. The molecule has 1 aliphatic heterocycles. The number of hydrogen-bond acceptors (Lipinski definition) is 4. The van der Waals surface area contributed by atoms with Gasteiger partial charge >= 0.3 is 0 Å². The van der Waals surface area contributed by atoms with Crippen LogP contribution in [0.15, 0.2) is 42.6 Å². The number of nitrogens with zero attached hydrogens (tertiary/aromatic N) is 3. The van der Waals surface area contributed by atoms with Crippen LogP contribution in [0.5, 0.6) is 0 Å². The van der Waals surface area contributed by atoms with Crippen LogP contribution >= 0.6 is 0 Å². The highest BCUT2D eigenvalue weighted by molar-refractivity contribution is 5.82. The molecule has 0 saturated carbocycles. The Bertz CT molecular complexity index is 865. The van der Waals surface area contributed by atoms with Gasteiger partial charge in [-0.1, -0.05) is 35.4 Å². The summed E-state index contributed by atoms with van der Waals surface area (Å²) in [6, 6.07) is 12.9. The van der Waals surface area contributed by atoms with Crippen LogP contribution in [-0.4, -0.2) is 36.3 Å². The first-order valence-corrected chi connectivity index (χ1v) is 8.37. The van der Waals surface area contributed by atoms with Gasteiger partial charge in [-0.2, -0.15) is 0 Å². The summed E-state index contributed by atoms with van der Waals surface area (Å²) in [5.41, 5.74) is 6.84. The summed E-state index contributed by atoms with van der Waals surface area (Å²) >= 11 is 0. The zero-order chi connectivity index (χ0) is 16.5. The predicted octanol–water partition coefficient (Wildman–Crippen LogP) is 3.75. The Hall–Kier alpha value is -2.46. The SMILES string of the molecule is Cc1cc(C)cc(-c2ccc3ncc(N4CCOCC4)nc3c2)c1. The Morgan fingerprint density at radius 1 is 0.875 bits per heavy atom. The highest BCUT2D eigenvalue weighted by Gasteiger charge is 2.13. The van der Waals surface area contributed by atoms with E-state index in [1.807, 2.05) is 6.20 Å². The molecule has 0 unspecified atom stereocenters. The van der Waals surface area contributed by atoms with Crippen molar-refractivity contribution in [1.82, 2.24) is 9.97 Å². The third kappa shape index (κ3) is 2.97. The van der Waals surface area contributed by atoms with Gasteiger partial charge < -0.3 is 9.64 Å². The molecule has 1 aromatic heterocycles. The van der Waals surface area contributed by atoms with Gasteiger partial charge in [0.2, 0.25) is 0 Å². The molecular weight excluding hydrogens is 298 g/mol. The molecule has 0 bridgehead atoms. The number of anilines is 1. The molecule has 0 atom stereocenters. The van der Waals surface area contributed by atoms with Gasteiger partial charge in [0.05, 0.1) is 30.4 Å². The maximum absolute atomic E-state index is 5.42. The van der Waals surface area contributed by atoms with Crippen molar-refractivity contribution in [2.75, 3.05) is 31.2 Å². The number of ether oxygens (including phenoxy) is 1. The van der Waals surface area contributed by atoms with Crippen LogP contribution < -0.4 is 4.90 Å². The van der Waals surface area contributed by atoms with Gasteiger partial charge in [0.25, 0.3) is 0 Å². The second-order valence-corrected chi connectivity index (χ2v) is 6.41. The van der Waals surface area contributed by atoms with E-state index in [1.54, 1.807) is 0 Å². The molecule has 4 rings (SSSR count). The number of aryl methyl sites for hydroxylation is 2. The van der Waals surface area contributed by atoms with E-state index in [0.717, 1.165) is 43.2 Å². The molecule has 0 N–H and O–H groups in total. The van der Waals surface area contributed by atoms with E-state index in [1.165, 1.54) is 22.3 Å². The normalized spacial score (nSPS) is 15.0. The molecule has 3 aromatic rings. The summed E-state index contributed by atoms with van der Waals surface area (Å²) in [6.07, 6.45) is 1.87. The largest absolute Gasteiger partial charge is 0.378 e.